The van der Waals surface area contributed by atoms with E-state index in [4.69, 9.17) is 16.6 Å². The molecule has 1 rings (SSSR count). The summed E-state index contributed by atoms with van der Waals surface area (Å²) in [5, 5.41) is 3.01. The van der Waals surface area contributed by atoms with E-state index in [2.05, 4.69) is 53.0 Å². The lowest BCUT2D eigenvalue weighted by Crippen LogP contribution is -2.67. The molecule has 1 aliphatic rings. The third-order valence-electron chi connectivity index (χ3n) is 5.93. The van der Waals surface area contributed by atoms with E-state index in [0.29, 0.717) is 16.8 Å². The van der Waals surface area contributed by atoms with Crippen LogP contribution in [0, 0.1) is 17.8 Å². The van der Waals surface area contributed by atoms with Crippen molar-refractivity contribution in [3.8, 4) is 0 Å². The van der Waals surface area contributed by atoms with E-state index in [1.165, 1.54) is 11.8 Å². The van der Waals surface area contributed by atoms with Crippen LogP contribution < -0.4 is 5.32 Å². The Labute approximate surface area is 181 Å². The van der Waals surface area contributed by atoms with Crippen molar-refractivity contribution >= 4 is 48.4 Å². The molecular formula is C20H38N2O3S2Si. The summed E-state index contributed by atoms with van der Waals surface area (Å²) < 4.78 is 7.04. The molecule has 0 aromatic carbocycles. The summed E-state index contributed by atoms with van der Waals surface area (Å²) in [6.07, 6.45) is 1.66. The molecule has 28 heavy (non-hydrogen) atoms. The fourth-order valence-electron chi connectivity index (χ4n) is 3.20. The van der Waals surface area contributed by atoms with Crippen molar-refractivity contribution in [2.75, 3.05) is 12.8 Å². The summed E-state index contributed by atoms with van der Waals surface area (Å²) in [4.78, 5) is 27.2. The van der Waals surface area contributed by atoms with E-state index >= 15 is 0 Å². The molecule has 1 aliphatic heterocycles. The van der Waals surface area contributed by atoms with Crippen LogP contribution in [0.15, 0.2) is 0 Å². The van der Waals surface area contributed by atoms with Crippen LogP contribution in [0.2, 0.25) is 18.1 Å². The fourth-order valence-corrected chi connectivity index (χ4v) is 5.18. The summed E-state index contributed by atoms with van der Waals surface area (Å²) in [6, 6.07) is -0.223. The van der Waals surface area contributed by atoms with Gasteiger partial charge in [0.1, 0.15) is 4.32 Å². The van der Waals surface area contributed by atoms with Crippen LogP contribution in [0.5, 0.6) is 0 Å². The average molecular weight is 447 g/mol. The molecule has 1 fully saturated rings. The molecule has 0 radical (unpaired) electrons. The molecule has 5 nitrogen and oxygen atoms in total. The average Bonchev–Trinajstić information content (AvgIpc) is 2.53. The minimum Gasteiger partial charge on any atom is -0.413 e. The predicted molar refractivity (Wildman–Crippen MR) is 125 cm³/mol. The van der Waals surface area contributed by atoms with Crippen molar-refractivity contribution in [3.05, 3.63) is 0 Å². The highest BCUT2D eigenvalue weighted by Gasteiger charge is 2.51. The highest BCUT2D eigenvalue weighted by molar-refractivity contribution is 8.22. The van der Waals surface area contributed by atoms with Gasteiger partial charge in [-0.2, -0.15) is 0 Å². The molecule has 1 saturated heterocycles. The van der Waals surface area contributed by atoms with Crippen LogP contribution in [0.3, 0.4) is 0 Å². The van der Waals surface area contributed by atoms with E-state index < -0.39 is 8.32 Å². The van der Waals surface area contributed by atoms with Gasteiger partial charge >= 0.3 is 0 Å². The Morgan fingerprint density at radius 3 is 2.21 bits per heavy atom. The maximum atomic E-state index is 13.2. The number of nitrogens with one attached hydrogen (secondary N) is 1. The maximum Gasteiger partial charge on any atom is 0.232 e. The largest absolute Gasteiger partial charge is 0.413 e. The minimum absolute atomic E-state index is 0.0254. The smallest absolute Gasteiger partial charge is 0.232 e. The fraction of sp³-hybridized carbons (Fsp3) is 0.850. The first kappa shape index (κ1) is 25.6. The number of hydrogen-bond donors (Lipinski definition) is 1. The highest BCUT2D eigenvalue weighted by Crippen LogP contribution is 2.39. The predicted octanol–water partition coefficient (Wildman–Crippen LogP) is 4.28. The molecule has 0 spiro atoms. The summed E-state index contributed by atoms with van der Waals surface area (Å²) in [7, 11) is -2.00. The van der Waals surface area contributed by atoms with Gasteiger partial charge in [-0.1, -0.05) is 65.5 Å². The third-order valence-corrected chi connectivity index (χ3v) is 11.8. The van der Waals surface area contributed by atoms with Crippen molar-refractivity contribution < 1.29 is 14.0 Å². The zero-order valence-corrected chi connectivity index (χ0v) is 21.7. The molecular weight excluding hydrogens is 408 g/mol. The second kappa shape index (κ2) is 9.58. The van der Waals surface area contributed by atoms with Crippen molar-refractivity contribution in [1.29, 1.82) is 0 Å². The number of thiocarbonyl (C=S) groups is 1. The van der Waals surface area contributed by atoms with Crippen LogP contribution in [-0.2, 0) is 14.0 Å². The van der Waals surface area contributed by atoms with Crippen LogP contribution >= 0.6 is 24.0 Å². The summed E-state index contributed by atoms with van der Waals surface area (Å²) in [6.45, 7) is 19.5. The number of amides is 2. The molecule has 0 aromatic heterocycles. The van der Waals surface area contributed by atoms with E-state index in [1.54, 1.807) is 4.90 Å². The highest BCUT2D eigenvalue weighted by atomic mass is 32.2. The van der Waals surface area contributed by atoms with Crippen LogP contribution in [0.1, 0.15) is 48.5 Å². The second-order valence-corrected chi connectivity index (χ2v) is 15.9. The normalized spacial score (nSPS) is 22.3. The first-order valence-corrected chi connectivity index (χ1v) is 14.6. The molecule has 0 saturated carbocycles. The monoisotopic (exact) mass is 446 g/mol. The first-order chi connectivity index (χ1) is 12.6. The molecule has 1 heterocycles. The molecule has 162 valence electrons. The third kappa shape index (κ3) is 5.80. The summed E-state index contributed by atoms with van der Waals surface area (Å²) >= 11 is 6.82. The van der Waals surface area contributed by atoms with Crippen molar-refractivity contribution in [1.82, 2.24) is 10.2 Å². The van der Waals surface area contributed by atoms with E-state index in [0.717, 1.165) is 0 Å². The molecule has 0 unspecified atom stereocenters. The molecule has 4 atom stereocenters. The van der Waals surface area contributed by atoms with Crippen molar-refractivity contribution in [2.24, 2.45) is 17.8 Å². The van der Waals surface area contributed by atoms with Gasteiger partial charge in [-0.05, 0) is 37.2 Å². The van der Waals surface area contributed by atoms with Gasteiger partial charge in [-0.15, -0.1) is 0 Å². The number of rotatable bonds is 7. The van der Waals surface area contributed by atoms with Crippen LogP contribution in [-0.4, -0.2) is 54.3 Å². The van der Waals surface area contributed by atoms with E-state index in [1.807, 2.05) is 20.1 Å². The number of thioether (sulfide) groups is 1. The van der Waals surface area contributed by atoms with Gasteiger partial charge in [0.2, 0.25) is 11.8 Å². The minimum atomic E-state index is -2.00. The van der Waals surface area contributed by atoms with Gasteiger partial charge in [-0.25, -0.2) is 0 Å². The molecule has 0 aromatic rings. The lowest BCUT2D eigenvalue weighted by atomic mass is 9.78. The number of hydrogen-bond acceptors (Lipinski definition) is 5. The molecule has 0 bridgehead atoms. The van der Waals surface area contributed by atoms with Crippen LogP contribution in [0.25, 0.3) is 0 Å². The Kier molecular flexibility index (Phi) is 8.75. The zero-order valence-electron chi connectivity index (χ0n) is 19.1. The summed E-state index contributed by atoms with van der Waals surface area (Å²) in [5.41, 5.74) is 0. The Hall–Kier alpha value is -0.443. The Morgan fingerprint density at radius 2 is 1.82 bits per heavy atom. The van der Waals surface area contributed by atoms with Gasteiger partial charge in [0.05, 0.1) is 24.0 Å². The summed E-state index contributed by atoms with van der Waals surface area (Å²) in [5.74, 6) is -0.399. The van der Waals surface area contributed by atoms with E-state index in [-0.39, 0.29) is 40.8 Å². The second-order valence-electron chi connectivity index (χ2n) is 9.74. The molecule has 2 amide bonds. The topological polar surface area (TPSA) is 58.6 Å². The zero-order chi connectivity index (χ0) is 22.0. The maximum absolute atomic E-state index is 13.2. The lowest BCUT2D eigenvalue weighted by Gasteiger charge is -2.47. The number of carbonyl (C=O) groups is 2. The van der Waals surface area contributed by atoms with Crippen molar-refractivity contribution in [2.45, 2.75) is 78.7 Å². The van der Waals surface area contributed by atoms with Gasteiger partial charge in [-0.3, -0.25) is 14.5 Å². The Bertz CT molecular complexity index is 605. The Morgan fingerprint density at radius 1 is 1.29 bits per heavy atom. The van der Waals surface area contributed by atoms with Crippen LogP contribution in [0.4, 0.5) is 0 Å². The van der Waals surface area contributed by atoms with E-state index in [9.17, 15) is 9.59 Å². The van der Waals surface area contributed by atoms with Crippen molar-refractivity contribution in [3.63, 3.8) is 0 Å². The van der Waals surface area contributed by atoms with Gasteiger partial charge < -0.3 is 9.74 Å². The number of β-lactam (4-membered cyclic amide) rings is 1. The number of carbonyl (C=O) groups excluding carboxylic acids is 2. The SMILES string of the molecule is CSC(=S)N(CC(C)C)C(=O)[C@H](C)[C@H]1NC(=O)[C@@H]1[C@@H](C)O[Si](C)(C)C(C)(C)C. The first-order valence-electron chi connectivity index (χ1n) is 10.0. The molecule has 0 aliphatic carbocycles. The lowest BCUT2D eigenvalue weighted by molar-refractivity contribution is -0.146. The standard InChI is InChI=1S/C20H38N2O3S2Si/c1-12(2)11-22(19(26)27-8)18(24)13(3)16-15(17(23)21-16)14(4)25-28(9,10)20(5,6)7/h12-16H,11H2,1-10H3,(H,21,23)/t13-,14-,15-,16-/m1/s1. The van der Waals surface area contributed by atoms with Gasteiger partial charge in [0.15, 0.2) is 8.32 Å². The molecule has 1 N–H and O–H groups in total. The van der Waals surface area contributed by atoms with Gasteiger partial charge in [0, 0.05) is 6.54 Å². The van der Waals surface area contributed by atoms with Gasteiger partial charge in [0.25, 0.3) is 0 Å². The Balaban J connectivity index is 2.95. The quantitative estimate of drug-likeness (QED) is 0.359. The molecule has 8 heteroatoms. The number of nitrogens with zero attached hydrogens (tertiary/aromatic N) is 1.